The Morgan fingerprint density at radius 3 is 2.70 bits per heavy atom. The number of hydrogen-bond donors (Lipinski definition) is 1. The lowest BCUT2D eigenvalue weighted by molar-refractivity contribution is 0.0793. The first-order valence-corrected chi connectivity index (χ1v) is 11.2. The van der Waals surface area contributed by atoms with Crippen molar-refractivity contribution in [3.63, 3.8) is 0 Å². The third kappa shape index (κ3) is 3.50. The summed E-state index contributed by atoms with van der Waals surface area (Å²) in [4.78, 5) is 31.6. The lowest BCUT2D eigenvalue weighted by atomic mass is 10.1. The summed E-state index contributed by atoms with van der Waals surface area (Å²) in [5.74, 6) is 0.618. The number of benzene rings is 1. The summed E-state index contributed by atoms with van der Waals surface area (Å²) in [6, 6.07) is 12.9. The highest BCUT2D eigenvalue weighted by molar-refractivity contribution is 7.99. The van der Waals surface area contributed by atoms with E-state index in [0.717, 1.165) is 48.6 Å². The van der Waals surface area contributed by atoms with Crippen LogP contribution in [0.1, 0.15) is 50.2 Å². The predicted octanol–water partition coefficient (Wildman–Crippen LogP) is 4.17. The molecule has 1 atom stereocenters. The van der Waals surface area contributed by atoms with E-state index >= 15 is 0 Å². The van der Waals surface area contributed by atoms with Crippen LogP contribution in [0, 0.1) is 0 Å². The molecular weight excluding hydrogens is 396 g/mol. The molecule has 0 aliphatic carbocycles. The molecule has 2 aliphatic heterocycles. The number of nitrogens with one attached hydrogen (secondary N) is 1. The second-order valence-electron chi connectivity index (χ2n) is 7.57. The molecule has 2 amide bonds. The zero-order valence-electron chi connectivity index (χ0n) is 16.5. The van der Waals surface area contributed by atoms with Crippen molar-refractivity contribution in [2.24, 2.45) is 0 Å². The molecule has 6 nitrogen and oxygen atoms in total. The quantitative estimate of drug-likeness (QED) is 0.691. The summed E-state index contributed by atoms with van der Waals surface area (Å²) >= 11 is 1.81. The summed E-state index contributed by atoms with van der Waals surface area (Å²) < 4.78 is 2.19. The summed E-state index contributed by atoms with van der Waals surface area (Å²) in [5, 5.41) is 3.20. The number of carbonyl (C=O) groups is 2. The Balaban J connectivity index is 1.33. The fourth-order valence-electron chi connectivity index (χ4n) is 4.07. The maximum Gasteiger partial charge on any atom is 0.255 e. The van der Waals surface area contributed by atoms with Crippen molar-refractivity contribution < 1.29 is 9.59 Å². The molecule has 4 heterocycles. The minimum atomic E-state index is -0.199. The molecule has 3 aromatic rings. The van der Waals surface area contributed by atoms with E-state index in [4.69, 9.17) is 0 Å². The largest absolute Gasteiger partial charge is 0.339 e. The first-order chi connectivity index (χ1) is 14.7. The van der Waals surface area contributed by atoms with E-state index < -0.39 is 0 Å². The van der Waals surface area contributed by atoms with Gasteiger partial charge in [0.15, 0.2) is 0 Å². The molecule has 7 heteroatoms. The maximum atomic E-state index is 12.9. The van der Waals surface area contributed by atoms with E-state index in [2.05, 4.69) is 20.9 Å². The fraction of sp³-hybridized carbons (Fsp3) is 0.261. The number of carbonyl (C=O) groups excluding carboxylic acids is 2. The van der Waals surface area contributed by atoms with Gasteiger partial charge in [0.25, 0.3) is 11.8 Å². The second-order valence-corrected chi connectivity index (χ2v) is 8.64. The van der Waals surface area contributed by atoms with Gasteiger partial charge < -0.3 is 14.8 Å². The van der Waals surface area contributed by atoms with Crippen molar-refractivity contribution in [1.29, 1.82) is 0 Å². The van der Waals surface area contributed by atoms with E-state index in [1.165, 1.54) is 0 Å². The molecule has 5 rings (SSSR count). The summed E-state index contributed by atoms with van der Waals surface area (Å²) in [6.07, 6.45) is 7.76. The molecule has 1 aromatic carbocycles. The van der Waals surface area contributed by atoms with Crippen LogP contribution in [-0.2, 0) is 5.75 Å². The molecule has 0 spiro atoms. The van der Waals surface area contributed by atoms with Gasteiger partial charge in [-0.05, 0) is 43.2 Å². The van der Waals surface area contributed by atoms with Crippen LogP contribution < -0.4 is 5.32 Å². The molecule has 30 heavy (non-hydrogen) atoms. The number of anilines is 1. The molecule has 2 aliphatic rings. The maximum absolute atomic E-state index is 12.9. The average Bonchev–Trinajstić information content (AvgIpc) is 3.53. The lowest BCUT2D eigenvalue weighted by Gasteiger charge is -2.15. The Morgan fingerprint density at radius 1 is 1.07 bits per heavy atom. The number of amides is 2. The van der Waals surface area contributed by atoms with E-state index in [1.807, 2.05) is 41.2 Å². The Morgan fingerprint density at radius 2 is 1.90 bits per heavy atom. The first kappa shape index (κ1) is 18.9. The zero-order valence-corrected chi connectivity index (χ0v) is 17.3. The highest BCUT2D eigenvalue weighted by Gasteiger charge is 2.27. The number of rotatable bonds is 4. The minimum absolute atomic E-state index is 0.00243. The zero-order chi connectivity index (χ0) is 20.5. The Labute approximate surface area is 179 Å². The summed E-state index contributed by atoms with van der Waals surface area (Å²) in [5.41, 5.74) is 4.11. The van der Waals surface area contributed by atoms with Gasteiger partial charge in [0.1, 0.15) is 5.37 Å². The Bertz CT molecular complexity index is 1090. The van der Waals surface area contributed by atoms with Gasteiger partial charge in [-0.2, -0.15) is 0 Å². The summed E-state index contributed by atoms with van der Waals surface area (Å²) in [7, 11) is 0. The number of pyridine rings is 1. The van der Waals surface area contributed by atoms with Gasteiger partial charge in [0, 0.05) is 54.1 Å². The lowest BCUT2D eigenvalue weighted by Crippen LogP contribution is -2.27. The van der Waals surface area contributed by atoms with Crippen LogP contribution in [0.15, 0.2) is 61.1 Å². The fourth-order valence-corrected chi connectivity index (χ4v) is 5.38. The Hall–Kier alpha value is -3.06. The van der Waals surface area contributed by atoms with E-state index in [0.29, 0.717) is 11.1 Å². The monoisotopic (exact) mass is 418 g/mol. The van der Waals surface area contributed by atoms with Crippen LogP contribution in [0.5, 0.6) is 0 Å². The van der Waals surface area contributed by atoms with E-state index in [-0.39, 0.29) is 17.2 Å². The molecule has 1 fully saturated rings. The third-order valence-electron chi connectivity index (χ3n) is 5.64. The third-order valence-corrected chi connectivity index (χ3v) is 6.89. The molecule has 0 saturated carbocycles. The van der Waals surface area contributed by atoms with Gasteiger partial charge in [0.05, 0.1) is 11.4 Å². The number of hydrogen-bond acceptors (Lipinski definition) is 4. The molecular formula is C23H22N4O2S. The SMILES string of the molecule is O=C(Nc1ccn2c1CSC2c1cccnc1)c1cccc(C(=O)N2CCCC2)c1. The molecule has 2 aromatic heterocycles. The number of fused-ring (bicyclic) bond motifs is 1. The first-order valence-electron chi connectivity index (χ1n) is 10.1. The number of aromatic nitrogens is 2. The molecule has 152 valence electrons. The van der Waals surface area contributed by atoms with Gasteiger partial charge >= 0.3 is 0 Å². The predicted molar refractivity (Wildman–Crippen MR) is 118 cm³/mol. The van der Waals surface area contributed by atoms with Gasteiger partial charge in [-0.15, -0.1) is 11.8 Å². The van der Waals surface area contributed by atoms with Crippen molar-refractivity contribution in [3.05, 3.63) is 83.4 Å². The van der Waals surface area contributed by atoms with Crippen LogP contribution in [0.2, 0.25) is 0 Å². The second kappa shape index (κ2) is 7.99. The van der Waals surface area contributed by atoms with Crippen molar-refractivity contribution in [3.8, 4) is 0 Å². The highest BCUT2D eigenvalue weighted by atomic mass is 32.2. The average molecular weight is 419 g/mol. The standard InChI is InChI=1S/C23H22N4O2S/c28-21(16-5-3-6-17(13-16)22(29)26-10-1-2-11-26)25-19-8-12-27-20(19)15-30-23(27)18-7-4-9-24-14-18/h3-9,12-14,23H,1-2,10-11,15H2,(H,25,28). The van der Waals surface area contributed by atoms with Crippen molar-refractivity contribution >= 4 is 29.3 Å². The smallest absolute Gasteiger partial charge is 0.255 e. The van der Waals surface area contributed by atoms with Crippen LogP contribution in [0.4, 0.5) is 5.69 Å². The summed E-state index contributed by atoms with van der Waals surface area (Å²) in [6.45, 7) is 1.59. The van der Waals surface area contributed by atoms with Crippen molar-refractivity contribution in [2.45, 2.75) is 24.0 Å². The molecule has 1 saturated heterocycles. The molecule has 1 unspecified atom stereocenters. The van der Waals surface area contributed by atoms with Gasteiger partial charge in [0.2, 0.25) is 0 Å². The van der Waals surface area contributed by atoms with Crippen molar-refractivity contribution in [2.75, 3.05) is 18.4 Å². The number of likely N-dealkylation sites (tertiary alicyclic amines) is 1. The Kier molecular flexibility index (Phi) is 5.04. The highest BCUT2D eigenvalue weighted by Crippen LogP contribution is 2.43. The molecule has 0 bridgehead atoms. The minimum Gasteiger partial charge on any atom is -0.339 e. The normalized spacial score (nSPS) is 17.7. The molecule has 1 N–H and O–H groups in total. The van der Waals surface area contributed by atoms with E-state index in [1.54, 1.807) is 30.5 Å². The van der Waals surface area contributed by atoms with Gasteiger partial charge in [-0.1, -0.05) is 12.1 Å². The number of nitrogens with zero attached hydrogens (tertiary/aromatic N) is 3. The van der Waals surface area contributed by atoms with Crippen molar-refractivity contribution in [1.82, 2.24) is 14.5 Å². The van der Waals surface area contributed by atoms with Crippen LogP contribution in [0.25, 0.3) is 0 Å². The van der Waals surface area contributed by atoms with Gasteiger partial charge in [-0.3, -0.25) is 14.6 Å². The topological polar surface area (TPSA) is 67.2 Å². The van der Waals surface area contributed by atoms with Gasteiger partial charge in [-0.25, -0.2) is 0 Å². The van der Waals surface area contributed by atoms with Crippen LogP contribution in [0.3, 0.4) is 0 Å². The number of thioether (sulfide) groups is 1. The van der Waals surface area contributed by atoms with Crippen LogP contribution >= 0.6 is 11.8 Å². The van der Waals surface area contributed by atoms with E-state index in [9.17, 15) is 9.59 Å². The molecule has 0 radical (unpaired) electrons. The van der Waals surface area contributed by atoms with Crippen LogP contribution in [-0.4, -0.2) is 39.4 Å².